The number of nitrogens with one attached hydrogen (secondary N) is 1. The molecule has 1 aromatic heterocycles. The van der Waals surface area contributed by atoms with Crippen LogP contribution in [0.5, 0.6) is 0 Å². The van der Waals surface area contributed by atoms with E-state index in [1.54, 1.807) is 0 Å². The van der Waals surface area contributed by atoms with E-state index in [-0.39, 0.29) is 0 Å². The van der Waals surface area contributed by atoms with Crippen molar-refractivity contribution >= 4 is 0 Å². The minimum Gasteiger partial charge on any atom is -0.312 e. The fourth-order valence-electron chi connectivity index (χ4n) is 2.59. The molecule has 1 saturated carbocycles. The molecule has 0 radical (unpaired) electrons. The van der Waals surface area contributed by atoms with E-state index in [9.17, 15) is 0 Å². The van der Waals surface area contributed by atoms with Crippen LogP contribution in [0.2, 0.25) is 0 Å². The molecule has 2 heterocycles. The summed E-state index contributed by atoms with van der Waals surface area (Å²) in [5.74, 6) is 1.87. The van der Waals surface area contributed by atoms with Gasteiger partial charge in [-0.3, -0.25) is 4.90 Å². The zero-order valence-corrected chi connectivity index (χ0v) is 10.2. The monoisotopic (exact) mass is 232 g/mol. The summed E-state index contributed by atoms with van der Waals surface area (Å²) in [5, 5.41) is 3.68. The predicted octanol–water partition coefficient (Wildman–Crippen LogP) is 1.05. The van der Waals surface area contributed by atoms with Crippen molar-refractivity contribution in [1.29, 1.82) is 0 Å². The molecule has 1 unspecified atom stereocenters. The highest BCUT2D eigenvalue weighted by molar-refractivity contribution is 4.93. The van der Waals surface area contributed by atoms with Gasteiger partial charge >= 0.3 is 0 Å². The van der Waals surface area contributed by atoms with E-state index >= 15 is 0 Å². The Balaban J connectivity index is 1.61. The fraction of sp³-hybridized carbons (Fsp3) is 0.692. The Morgan fingerprint density at radius 3 is 2.88 bits per heavy atom. The summed E-state index contributed by atoms with van der Waals surface area (Å²) in [6.07, 6.45) is 7.71. The topological polar surface area (TPSA) is 41.1 Å². The molecule has 4 heteroatoms. The van der Waals surface area contributed by atoms with Gasteiger partial charge in [-0.1, -0.05) is 0 Å². The smallest absolute Gasteiger partial charge is 0.142 e. The van der Waals surface area contributed by atoms with Gasteiger partial charge < -0.3 is 5.32 Å². The third-order valence-corrected chi connectivity index (χ3v) is 3.69. The summed E-state index contributed by atoms with van der Waals surface area (Å²) < 4.78 is 0. The van der Waals surface area contributed by atoms with Crippen molar-refractivity contribution in [2.24, 2.45) is 5.92 Å². The second kappa shape index (κ2) is 5.10. The highest BCUT2D eigenvalue weighted by Crippen LogP contribution is 2.33. The molecule has 1 N–H and O–H groups in total. The molecule has 1 aliphatic heterocycles. The summed E-state index contributed by atoms with van der Waals surface area (Å²) in [7, 11) is 0. The molecule has 2 fully saturated rings. The van der Waals surface area contributed by atoms with Crippen molar-refractivity contribution in [3.63, 3.8) is 0 Å². The highest BCUT2D eigenvalue weighted by atomic mass is 15.2. The second-order valence-electron chi connectivity index (χ2n) is 5.15. The number of hydrogen-bond acceptors (Lipinski definition) is 4. The van der Waals surface area contributed by atoms with Gasteiger partial charge in [-0.05, 0) is 44.3 Å². The van der Waals surface area contributed by atoms with Crippen molar-refractivity contribution in [3.8, 4) is 0 Å². The van der Waals surface area contributed by atoms with Crippen LogP contribution in [-0.4, -0.2) is 40.5 Å². The summed E-state index contributed by atoms with van der Waals surface area (Å²) in [4.78, 5) is 11.1. The van der Waals surface area contributed by atoms with Crippen LogP contribution in [0.4, 0.5) is 0 Å². The van der Waals surface area contributed by atoms with Gasteiger partial charge in [0.15, 0.2) is 0 Å². The first-order valence-electron chi connectivity index (χ1n) is 6.63. The number of rotatable bonds is 3. The molecule has 1 aromatic rings. The maximum absolute atomic E-state index is 4.32. The van der Waals surface area contributed by atoms with Crippen LogP contribution in [0.15, 0.2) is 18.5 Å². The molecule has 1 saturated heterocycles. The zero-order chi connectivity index (χ0) is 11.5. The minimum atomic E-state index is 0.696. The van der Waals surface area contributed by atoms with Crippen molar-refractivity contribution in [1.82, 2.24) is 20.2 Å². The summed E-state index contributed by atoms with van der Waals surface area (Å²) in [6.45, 7) is 4.37. The van der Waals surface area contributed by atoms with Gasteiger partial charge in [0.25, 0.3) is 0 Å². The Hall–Kier alpha value is -1.00. The molecule has 0 amide bonds. The third kappa shape index (κ3) is 3.01. The van der Waals surface area contributed by atoms with Crippen LogP contribution in [0.1, 0.15) is 25.1 Å². The van der Waals surface area contributed by atoms with E-state index in [2.05, 4.69) is 20.2 Å². The number of nitrogens with zero attached hydrogens (tertiary/aromatic N) is 3. The third-order valence-electron chi connectivity index (χ3n) is 3.69. The maximum atomic E-state index is 4.32. The first-order valence-corrected chi connectivity index (χ1v) is 6.63. The quantitative estimate of drug-likeness (QED) is 0.846. The van der Waals surface area contributed by atoms with Gasteiger partial charge in [0, 0.05) is 25.0 Å². The van der Waals surface area contributed by atoms with E-state index in [0.29, 0.717) is 6.04 Å². The van der Waals surface area contributed by atoms with Gasteiger partial charge in [-0.25, -0.2) is 9.97 Å². The Bertz CT molecular complexity index is 350. The molecule has 0 spiro atoms. The Morgan fingerprint density at radius 2 is 2.12 bits per heavy atom. The van der Waals surface area contributed by atoms with E-state index in [1.165, 1.54) is 19.3 Å². The van der Waals surface area contributed by atoms with Gasteiger partial charge in [0.1, 0.15) is 5.82 Å². The van der Waals surface area contributed by atoms with Crippen molar-refractivity contribution in [2.75, 3.05) is 19.6 Å². The van der Waals surface area contributed by atoms with E-state index in [4.69, 9.17) is 0 Å². The average Bonchev–Trinajstić information content (AvgIpc) is 3.16. The molecule has 2 aliphatic rings. The van der Waals surface area contributed by atoms with Crippen LogP contribution >= 0.6 is 0 Å². The van der Waals surface area contributed by atoms with Gasteiger partial charge in [-0.2, -0.15) is 0 Å². The lowest BCUT2D eigenvalue weighted by molar-refractivity contribution is 0.245. The molecule has 0 aromatic carbocycles. The van der Waals surface area contributed by atoms with Crippen molar-refractivity contribution in [3.05, 3.63) is 24.3 Å². The molecule has 1 aliphatic carbocycles. The Labute approximate surface area is 102 Å². The second-order valence-corrected chi connectivity index (χ2v) is 5.15. The molecule has 1 atom stereocenters. The van der Waals surface area contributed by atoms with E-state index in [0.717, 1.165) is 37.9 Å². The molecular formula is C13H20N4. The minimum absolute atomic E-state index is 0.696. The lowest BCUT2D eigenvalue weighted by Gasteiger charge is -2.23. The standard InChI is InChI=1S/C13H20N4/c1-5-15-13(16-6-1)10-17-8-2-7-14-12(9-17)11-3-4-11/h1,5-6,11-12,14H,2-4,7-10H2. The zero-order valence-electron chi connectivity index (χ0n) is 10.2. The van der Waals surface area contributed by atoms with Gasteiger partial charge in [0.05, 0.1) is 6.54 Å². The van der Waals surface area contributed by atoms with E-state index in [1.807, 2.05) is 18.5 Å². The SMILES string of the molecule is c1cnc(CN2CCCNC(C3CC3)C2)nc1. The van der Waals surface area contributed by atoms with Crippen LogP contribution in [0.3, 0.4) is 0 Å². The first-order chi connectivity index (χ1) is 8.42. The van der Waals surface area contributed by atoms with Crippen LogP contribution in [0.25, 0.3) is 0 Å². The summed E-state index contributed by atoms with van der Waals surface area (Å²) in [6, 6.07) is 2.57. The first kappa shape index (κ1) is 11.1. The molecule has 3 rings (SSSR count). The summed E-state index contributed by atoms with van der Waals surface area (Å²) >= 11 is 0. The van der Waals surface area contributed by atoms with Gasteiger partial charge in [-0.15, -0.1) is 0 Å². The van der Waals surface area contributed by atoms with Crippen LogP contribution < -0.4 is 5.32 Å². The Kier molecular flexibility index (Phi) is 3.34. The normalized spacial score (nSPS) is 26.7. The van der Waals surface area contributed by atoms with Crippen molar-refractivity contribution < 1.29 is 0 Å². The Morgan fingerprint density at radius 1 is 1.29 bits per heavy atom. The molecular weight excluding hydrogens is 212 g/mol. The average molecular weight is 232 g/mol. The number of hydrogen-bond donors (Lipinski definition) is 1. The molecule has 4 nitrogen and oxygen atoms in total. The molecule has 17 heavy (non-hydrogen) atoms. The summed E-state index contributed by atoms with van der Waals surface area (Å²) in [5.41, 5.74) is 0. The number of aromatic nitrogens is 2. The predicted molar refractivity (Wildman–Crippen MR) is 66.4 cm³/mol. The highest BCUT2D eigenvalue weighted by Gasteiger charge is 2.33. The lowest BCUT2D eigenvalue weighted by atomic mass is 10.2. The maximum Gasteiger partial charge on any atom is 0.142 e. The molecule has 92 valence electrons. The fourth-order valence-corrected chi connectivity index (χ4v) is 2.59. The van der Waals surface area contributed by atoms with Gasteiger partial charge in [0.2, 0.25) is 0 Å². The van der Waals surface area contributed by atoms with Crippen LogP contribution in [0, 0.1) is 5.92 Å². The van der Waals surface area contributed by atoms with E-state index < -0.39 is 0 Å². The van der Waals surface area contributed by atoms with Crippen LogP contribution in [-0.2, 0) is 6.54 Å². The largest absolute Gasteiger partial charge is 0.312 e. The molecule has 0 bridgehead atoms. The lowest BCUT2D eigenvalue weighted by Crippen LogP contribution is -2.39. The van der Waals surface area contributed by atoms with Crippen molar-refractivity contribution in [2.45, 2.75) is 31.8 Å².